The van der Waals surface area contributed by atoms with Crippen molar-refractivity contribution in [3.63, 3.8) is 0 Å². The molecular weight excluding hydrogens is 344 g/mol. The third-order valence-corrected chi connectivity index (χ3v) is 6.46. The highest BCUT2D eigenvalue weighted by Crippen LogP contribution is 2.28. The highest BCUT2D eigenvalue weighted by atomic mass is 32.2. The van der Waals surface area contributed by atoms with Crippen LogP contribution in [0, 0.1) is 5.92 Å². The number of amides is 1. The molecule has 1 saturated heterocycles. The maximum Gasteiger partial charge on any atom is 0.246 e. The molecule has 9 heteroatoms. The van der Waals surface area contributed by atoms with E-state index in [1.54, 1.807) is 0 Å². The van der Waals surface area contributed by atoms with Crippen LogP contribution in [0.25, 0.3) is 0 Å². The minimum absolute atomic E-state index is 0.0353. The summed E-state index contributed by atoms with van der Waals surface area (Å²) in [5.41, 5.74) is 0. The Bertz CT molecular complexity index is 689. The van der Waals surface area contributed by atoms with Crippen molar-refractivity contribution >= 4 is 15.9 Å². The number of nitrogens with one attached hydrogen (secondary N) is 1. The van der Waals surface area contributed by atoms with E-state index in [2.05, 4.69) is 15.5 Å². The lowest BCUT2D eigenvalue weighted by Crippen LogP contribution is -2.37. The second-order valence-corrected chi connectivity index (χ2v) is 9.10. The van der Waals surface area contributed by atoms with Crippen molar-refractivity contribution in [2.45, 2.75) is 57.4 Å². The first kappa shape index (κ1) is 18.3. The SMILES string of the molecule is CS(=O)(=O)N1CCC(c2noc(CNC(=O)CC3CCCC3)n2)CC1. The lowest BCUT2D eigenvalue weighted by molar-refractivity contribution is -0.122. The molecule has 1 amide bonds. The molecule has 2 aliphatic rings. The summed E-state index contributed by atoms with van der Waals surface area (Å²) in [6.07, 6.45) is 7.90. The van der Waals surface area contributed by atoms with Crippen molar-refractivity contribution in [3.05, 3.63) is 11.7 Å². The van der Waals surface area contributed by atoms with E-state index in [0.717, 1.165) is 12.8 Å². The molecule has 2 fully saturated rings. The van der Waals surface area contributed by atoms with Gasteiger partial charge < -0.3 is 9.84 Å². The minimum Gasteiger partial charge on any atom is -0.347 e. The van der Waals surface area contributed by atoms with E-state index in [9.17, 15) is 13.2 Å². The van der Waals surface area contributed by atoms with Crippen molar-refractivity contribution in [2.75, 3.05) is 19.3 Å². The molecule has 0 atom stereocenters. The van der Waals surface area contributed by atoms with Crippen LogP contribution in [0.1, 0.15) is 62.6 Å². The molecule has 2 heterocycles. The summed E-state index contributed by atoms with van der Waals surface area (Å²) >= 11 is 0. The van der Waals surface area contributed by atoms with Crippen LogP contribution in [0.15, 0.2) is 4.52 Å². The molecule has 0 unspecified atom stereocenters. The van der Waals surface area contributed by atoms with Gasteiger partial charge in [0.05, 0.1) is 12.8 Å². The van der Waals surface area contributed by atoms with E-state index in [1.807, 2.05) is 0 Å². The van der Waals surface area contributed by atoms with Gasteiger partial charge in [-0.05, 0) is 31.6 Å². The van der Waals surface area contributed by atoms with Crippen molar-refractivity contribution in [3.8, 4) is 0 Å². The van der Waals surface area contributed by atoms with Gasteiger partial charge in [-0.25, -0.2) is 12.7 Å². The Labute approximate surface area is 148 Å². The molecule has 0 aromatic carbocycles. The van der Waals surface area contributed by atoms with E-state index >= 15 is 0 Å². The predicted octanol–water partition coefficient (Wildman–Crippen LogP) is 1.41. The zero-order chi connectivity index (χ0) is 17.9. The second-order valence-electron chi connectivity index (χ2n) is 7.11. The summed E-state index contributed by atoms with van der Waals surface area (Å²) in [4.78, 5) is 16.3. The third kappa shape index (κ3) is 5.01. The van der Waals surface area contributed by atoms with Gasteiger partial charge in [-0.2, -0.15) is 4.98 Å². The molecule has 1 aromatic heterocycles. The summed E-state index contributed by atoms with van der Waals surface area (Å²) in [6.45, 7) is 1.21. The van der Waals surface area contributed by atoms with Crippen LogP contribution in [-0.2, 0) is 21.4 Å². The zero-order valence-corrected chi connectivity index (χ0v) is 15.4. The molecule has 0 bridgehead atoms. The van der Waals surface area contributed by atoms with Crippen LogP contribution in [0.5, 0.6) is 0 Å². The Balaban J connectivity index is 1.45. The Kier molecular flexibility index (Phi) is 5.73. The summed E-state index contributed by atoms with van der Waals surface area (Å²) < 4.78 is 29.8. The fourth-order valence-electron chi connectivity index (χ4n) is 3.67. The van der Waals surface area contributed by atoms with Gasteiger partial charge in [0, 0.05) is 25.4 Å². The number of nitrogens with zero attached hydrogens (tertiary/aromatic N) is 3. The second kappa shape index (κ2) is 7.82. The van der Waals surface area contributed by atoms with Crippen molar-refractivity contribution in [1.29, 1.82) is 0 Å². The number of carbonyl (C=O) groups is 1. The van der Waals surface area contributed by atoms with Gasteiger partial charge in [-0.3, -0.25) is 4.79 Å². The van der Waals surface area contributed by atoms with Gasteiger partial charge in [0.2, 0.25) is 21.8 Å². The quantitative estimate of drug-likeness (QED) is 0.811. The highest BCUT2D eigenvalue weighted by molar-refractivity contribution is 7.88. The number of hydrogen-bond donors (Lipinski definition) is 1. The lowest BCUT2D eigenvalue weighted by Gasteiger charge is -2.28. The molecule has 25 heavy (non-hydrogen) atoms. The molecule has 1 aliphatic carbocycles. The van der Waals surface area contributed by atoms with Crippen LogP contribution in [0.2, 0.25) is 0 Å². The molecule has 1 aromatic rings. The van der Waals surface area contributed by atoms with Crippen LogP contribution >= 0.6 is 0 Å². The van der Waals surface area contributed by atoms with Crippen molar-refractivity contribution < 1.29 is 17.7 Å². The molecule has 1 saturated carbocycles. The Morgan fingerprint density at radius 2 is 1.92 bits per heavy atom. The maximum absolute atomic E-state index is 11.9. The average molecular weight is 370 g/mol. The summed E-state index contributed by atoms with van der Waals surface area (Å²) in [5.74, 6) is 1.66. The average Bonchev–Trinajstić information content (AvgIpc) is 3.24. The first-order chi connectivity index (χ1) is 11.9. The number of rotatable bonds is 6. The molecule has 0 spiro atoms. The van der Waals surface area contributed by atoms with Gasteiger partial charge in [-0.15, -0.1) is 0 Å². The molecule has 1 aliphatic heterocycles. The molecular formula is C16H26N4O4S. The summed E-state index contributed by atoms with van der Waals surface area (Å²) in [5, 5.41) is 6.85. The standard InChI is InChI=1S/C16H26N4O4S/c1-25(22,23)20-8-6-13(7-9-20)16-18-15(24-19-16)11-17-14(21)10-12-4-2-3-5-12/h12-13H,2-11H2,1H3,(H,17,21). The number of hydrogen-bond acceptors (Lipinski definition) is 6. The van der Waals surface area contributed by atoms with E-state index in [4.69, 9.17) is 4.52 Å². The number of aromatic nitrogens is 2. The molecule has 1 N–H and O–H groups in total. The van der Waals surface area contributed by atoms with Gasteiger partial charge in [-0.1, -0.05) is 18.0 Å². The van der Waals surface area contributed by atoms with Gasteiger partial charge >= 0.3 is 0 Å². The Morgan fingerprint density at radius 1 is 1.24 bits per heavy atom. The molecule has 0 radical (unpaired) electrons. The van der Waals surface area contributed by atoms with Gasteiger partial charge in [0.1, 0.15) is 0 Å². The highest BCUT2D eigenvalue weighted by Gasteiger charge is 2.28. The van der Waals surface area contributed by atoms with Crippen LogP contribution in [0.3, 0.4) is 0 Å². The molecule has 3 rings (SSSR count). The van der Waals surface area contributed by atoms with E-state index < -0.39 is 10.0 Å². The van der Waals surface area contributed by atoms with E-state index in [-0.39, 0.29) is 18.4 Å². The number of piperidine rings is 1. The van der Waals surface area contributed by atoms with E-state index in [1.165, 1.54) is 23.4 Å². The number of sulfonamides is 1. The largest absolute Gasteiger partial charge is 0.347 e. The Hall–Kier alpha value is -1.48. The van der Waals surface area contributed by atoms with Crippen LogP contribution in [0.4, 0.5) is 0 Å². The van der Waals surface area contributed by atoms with Gasteiger partial charge in [0.15, 0.2) is 5.82 Å². The number of carbonyl (C=O) groups excluding carboxylic acids is 1. The van der Waals surface area contributed by atoms with Crippen LogP contribution < -0.4 is 5.32 Å². The van der Waals surface area contributed by atoms with Crippen molar-refractivity contribution in [1.82, 2.24) is 19.8 Å². The minimum atomic E-state index is -3.13. The van der Waals surface area contributed by atoms with E-state index in [0.29, 0.717) is 50.0 Å². The summed E-state index contributed by atoms with van der Waals surface area (Å²) in [7, 11) is -3.13. The fraction of sp³-hybridized carbons (Fsp3) is 0.812. The predicted molar refractivity (Wildman–Crippen MR) is 91.1 cm³/mol. The topological polar surface area (TPSA) is 105 Å². The maximum atomic E-state index is 11.9. The van der Waals surface area contributed by atoms with Crippen molar-refractivity contribution in [2.24, 2.45) is 5.92 Å². The zero-order valence-electron chi connectivity index (χ0n) is 14.6. The fourth-order valence-corrected chi connectivity index (χ4v) is 4.55. The first-order valence-corrected chi connectivity index (χ1v) is 10.8. The normalized spacial score (nSPS) is 20.8. The summed E-state index contributed by atoms with van der Waals surface area (Å²) in [6, 6.07) is 0. The van der Waals surface area contributed by atoms with Gasteiger partial charge in [0.25, 0.3) is 0 Å². The smallest absolute Gasteiger partial charge is 0.246 e. The monoisotopic (exact) mass is 370 g/mol. The molecule has 140 valence electrons. The Morgan fingerprint density at radius 3 is 2.56 bits per heavy atom. The third-order valence-electron chi connectivity index (χ3n) is 5.16. The lowest BCUT2D eigenvalue weighted by atomic mass is 9.98. The molecule has 8 nitrogen and oxygen atoms in total. The van der Waals surface area contributed by atoms with Crippen LogP contribution in [-0.4, -0.2) is 48.1 Å². The first-order valence-electron chi connectivity index (χ1n) is 8.96.